The summed E-state index contributed by atoms with van der Waals surface area (Å²) in [4.78, 5) is 52.3. The maximum absolute atomic E-state index is 12.3. The Morgan fingerprint density at radius 2 is 1.14 bits per heavy atom. The predicted molar refractivity (Wildman–Crippen MR) is 277 cm³/mol. The molecule has 3 aliphatic heterocycles. The number of pyridine rings is 2. The average molecular weight is 1090 g/mol. The first-order valence-electron chi connectivity index (χ1n) is 23.5. The highest BCUT2D eigenvalue weighted by Gasteiger charge is 2.51. The molecule has 3 fully saturated rings. The molecule has 0 radical (unpaired) electrons. The van der Waals surface area contributed by atoms with Gasteiger partial charge >= 0.3 is 7.12 Å². The van der Waals surface area contributed by atoms with Crippen LogP contribution in [0.3, 0.4) is 0 Å². The Labute approximate surface area is 434 Å². The molecule has 2 amide bonds. The number of aromatic nitrogens is 6. The van der Waals surface area contributed by atoms with Gasteiger partial charge in [0.25, 0.3) is 0 Å². The predicted octanol–water partition coefficient (Wildman–Crippen LogP) is 5.72. The number of hydrogen-bond donors (Lipinski definition) is 0. The van der Waals surface area contributed by atoms with Crippen molar-refractivity contribution >= 4 is 47.0 Å². The van der Waals surface area contributed by atoms with Crippen molar-refractivity contribution < 1.29 is 47.3 Å². The van der Waals surface area contributed by atoms with E-state index in [0.717, 1.165) is 43.0 Å². The summed E-state index contributed by atoms with van der Waals surface area (Å²) in [6, 6.07) is 26.8. The number of ether oxygens (including phenoxy) is 6. The quantitative estimate of drug-likeness (QED) is 0.0577. The smallest absolute Gasteiger partial charge is 0.491 e. The van der Waals surface area contributed by atoms with Crippen LogP contribution in [0.5, 0.6) is 23.3 Å². The maximum Gasteiger partial charge on any atom is 0.494 e. The fourth-order valence-electron chi connectivity index (χ4n) is 7.19. The third-order valence-electron chi connectivity index (χ3n) is 12.0. The number of benzene rings is 2. The van der Waals surface area contributed by atoms with Gasteiger partial charge in [-0.25, -0.2) is 29.9 Å². The molecule has 378 valence electrons. The number of hydrogen-bond acceptors (Lipinski definition) is 16. The molecule has 3 aliphatic rings. The van der Waals surface area contributed by atoms with Gasteiger partial charge in [-0.05, 0) is 110 Å². The molecule has 0 bridgehead atoms. The summed E-state index contributed by atoms with van der Waals surface area (Å²) < 4.78 is 46.0. The fourth-order valence-corrected chi connectivity index (χ4v) is 7.51. The Morgan fingerprint density at radius 1 is 0.625 bits per heavy atom. The molecule has 0 N–H and O–H groups in total. The van der Waals surface area contributed by atoms with Crippen molar-refractivity contribution in [2.45, 2.75) is 63.9 Å². The van der Waals surface area contributed by atoms with Crippen LogP contribution in [-0.2, 0) is 41.2 Å². The second-order valence-corrected chi connectivity index (χ2v) is 19.1. The van der Waals surface area contributed by atoms with Crippen LogP contribution in [0.25, 0.3) is 11.1 Å². The Morgan fingerprint density at radius 3 is 1.61 bits per heavy atom. The first-order chi connectivity index (χ1) is 34.8. The van der Waals surface area contributed by atoms with E-state index in [1.807, 2.05) is 100 Å². The minimum atomic E-state index is -0.356. The number of nitrogens with zero attached hydrogens (tertiary/aromatic N) is 8. The van der Waals surface area contributed by atoms with Gasteiger partial charge in [-0.1, -0.05) is 24.3 Å². The van der Waals surface area contributed by atoms with Gasteiger partial charge in [0.2, 0.25) is 23.6 Å². The van der Waals surface area contributed by atoms with E-state index in [1.165, 1.54) is 12.7 Å². The van der Waals surface area contributed by atoms with Gasteiger partial charge in [-0.15, -0.1) is 0 Å². The Bertz CT molecular complexity index is 2610. The lowest BCUT2D eigenvalue weighted by Gasteiger charge is -2.38. The summed E-state index contributed by atoms with van der Waals surface area (Å²) in [6.07, 6.45) is 10.3. The summed E-state index contributed by atoms with van der Waals surface area (Å²) >= 11 is 2.19. The summed E-state index contributed by atoms with van der Waals surface area (Å²) in [5.41, 5.74) is 3.75. The van der Waals surface area contributed by atoms with E-state index < -0.39 is 0 Å². The van der Waals surface area contributed by atoms with Gasteiger partial charge in [0.1, 0.15) is 49.6 Å². The van der Waals surface area contributed by atoms with E-state index >= 15 is 0 Å². The van der Waals surface area contributed by atoms with E-state index in [4.69, 9.17) is 37.7 Å². The summed E-state index contributed by atoms with van der Waals surface area (Å²) in [5.74, 6) is 2.83. The zero-order valence-electron chi connectivity index (χ0n) is 41.4. The molecular formula is C52H60BIN8O10. The molecule has 3 saturated heterocycles. The summed E-state index contributed by atoms with van der Waals surface area (Å²) in [5, 5.41) is 0. The van der Waals surface area contributed by atoms with Crippen LogP contribution in [0.15, 0.2) is 122 Å². The van der Waals surface area contributed by atoms with Gasteiger partial charge in [0, 0.05) is 60.3 Å². The highest BCUT2D eigenvalue weighted by Crippen LogP contribution is 2.36. The van der Waals surface area contributed by atoms with Gasteiger partial charge in [-0.3, -0.25) is 9.59 Å². The molecule has 4 aromatic heterocycles. The Kier molecular flexibility index (Phi) is 19.2. The normalized spacial score (nSPS) is 15.7. The van der Waals surface area contributed by atoms with E-state index in [0.29, 0.717) is 70.8 Å². The average Bonchev–Trinajstić information content (AvgIpc) is 3.58. The Balaban J connectivity index is 0.000000164. The molecule has 20 heteroatoms. The largest absolute Gasteiger partial charge is 0.494 e. The summed E-state index contributed by atoms with van der Waals surface area (Å²) in [7, 11) is 2.95. The molecule has 6 aromatic rings. The Hall–Kier alpha value is -6.33. The van der Waals surface area contributed by atoms with Crippen LogP contribution in [0.2, 0.25) is 0 Å². The van der Waals surface area contributed by atoms with Crippen LogP contribution in [0, 0.1) is 3.57 Å². The monoisotopic (exact) mass is 1090 g/mol. The van der Waals surface area contributed by atoms with Gasteiger partial charge in [0.15, 0.2) is 0 Å². The van der Waals surface area contributed by atoms with Crippen LogP contribution >= 0.6 is 22.6 Å². The van der Waals surface area contributed by atoms with Crippen molar-refractivity contribution in [3.63, 3.8) is 0 Å². The number of likely N-dealkylation sites (tertiary alicyclic amines) is 2. The van der Waals surface area contributed by atoms with Crippen molar-refractivity contribution in [3.05, 3.63) is 137 Å². The van der Waals surface area contributed by atoms with Crippen molar-refractivity contribution in [1.82, 2.24) is 39.7 Å². The maximum atomic E-state index is 12.3. The number of methoxy groups -OCH3 is 2. The third-order valence-corrected chi connectivity index (χ3v) is 12.7. The number of carbonyl (C=O) groups is 2. The SMILES string of the molecule is COCCOc1cccc(-c2ccc(OC3CN(C(=O)Cc4ccncn4)C3)nc2)c1.COCCOc1cccc(B2OC(C)(C)C(C)(C)O2)c1.O=C(Cc1ccncn1)N1CC(Oc2ccc(I)cn2)C1. The minimum absolute atomic E-state index is 0.0203. The zero-order valence-corrected chi connectivity index (χ0v) is 43.5. The van der Waals surface area contributed by atoms with E-state index in [2.05, 4.69) is 52.5 Å². The lowest BCUT2D eigenvalue weighted by atomic mass is 9.79. The van der Waals surface area contributed by atoms with E-state index in [-0.39, 0.29) is 48.8 Å². The molecule has 0 unspecified atom stereocenters. The third kappa shape index (κ3) is 15.6. The van der Waals surface area contributed by atoms with E-state index in [9.17, 15) is 9.59 Å². The van der Waals surface area contributed by atoms with Crippen LogP contribution in [0.4, 0.5) is 0 Å². The second kappa shape index (κ2) is 25.9. The lowest BCUT2D eigenvalue weighted by Crippen LogP contribution is -2.56. The van der Waals surface area contributed by atoms with Crippen molar-refractivity contribution in [2.24, 2.45) is 0 Å². The van der Waals surface area contributed by atoms with Crippen molar-refractivity contribution in [1.29, 1.82) is 0 Å². The number of halogens is 1. The van der Waals surface area contributed by atoms with Crippen molar-refractivity contribution in [3.8, 4) is 34.4 Å². The minimum Gasteiger partial charge on any atom is -0.491 e. The molecule has 7 heterocycles. The molecule has 0 saturated carbocycles. The van der Waals surface area contributed by atoms with Gasteiger partial charge in [0.05, 0.1) is 74.8 Å². The molecule has 72 heavy (non-hydrogen) atoms. The van der Waals surface area contributed by atoms with Crippen molar-refractivity contribution in [2.75, 3.05) is 66.8 Å². The second-order valence-electron chi connectivity index (χ2n) is 17.9. The molecule has 0 spiro atoms. The molecule has 18 nitrogen and oxygen atoms in total. The number of carbonyl (C=O) groups excluding carboxylic acids is 2. The first kappa shape index (κ1) is 53.5. The first-order valence-corrected chi connectivity index (χ1v) is 24.6. The van der Waals surface area contributed by atoms with E-state index in [1.54, 1.807) is 60.9 Å². The highest BCUT2D eigenvalue weighted by molar-refractivity contribution is 14.1. The van der Waals surface area contributed by atoms with Crippen LogP contribution in [0.1, 0.15) is 39.1 Å². The lowest BCUT2D eigenvalue weighted by molar-refractivity contribution is -0.140. The molecule has 2 aromatic carbocycles. The summed E-state index contributed by atoms with van der Waals surface area (Å²) in [6.45, 7) is 12.6. The molecular weight excluding hydrogens is 1030 g/mol. The number of amides is 2. The standard InChI is InChI=1S/C23H24N4O4.C15H23BO4.C14H13IN4O2/c1-29-9-10-30-20-4-2-3-17(11-20)18-5-6-22(25-13-18)31-21-14-27(15-21)23(28)12-19-7-8-24-16-26-19;1-14(2)15(3,4)20-16(19-14)12-7-6-8-13(11-12)18-10-9-17-5;15-10-1-2-13(17-6-10)21-12-7-19(8-12)14(20)5-11-3-4-16-9-18-11/h2-8,11,13,16,21H,9-10,12,14-15H2,1H3;6-8,11H,9-10H2,1-5H3;1-4,6,9,12H,5,7-8H2. The molecule has 0 atom stereocenters. The van der Waals surface area contributed by atoms with Gasteiger partial charge < -0.3 is 47.5 Å². The van der Waals surface area contributed by atoms with Crippen LogP contribution in [-0.4, -0.2) is 149 Å². The van der Waals surface area contributed by atoms with Gasteiger partial charge in [-0.2, -0.15) is 0 Å². The fraction of sp³-hybridized carbons (Fsp3) is 0.385. The molecule has 0 aliphatic carbocycles. The number of rotatable bonds is 18. The highest BCUT2D eigenvalue weighted by atomic mass is 127. The zero-order chi connectivity index (χ0) is 50.9. The topological polar surface area (TPSA) is 192 Å². The van der Waals surface area contributed by atoms with Crippen LogP contribution < -0.4 is 24.4 Å². The molecule has 9 rings (SSSR count).